The summed E-state index contributed by atoms with van der Waals surface area (Å²) in [5.74, 6) is -0.00747. The van der Waals surface area contributed by atoms with Crippen molar-refractivity contribution in [2.45, 2.75) is 32.9 Å². The van der Waals surface area contributed by atoms with Crippen molar-refractivity contribution < 1.29 is 22.4 Å². The standard InChI is InChI=1S/C14H20N2O5S/c1-4-13-12(14(17)20-5-2)10-16(22(18,19)15(13)3)9-11-7-6-8-21-11/h6-8,10,13H,4-5,9H2,1-3H3. The van der Waals surface area contributed by atoms with E-state index in [-0.39, 0.29) is 13.2 Å². The van der Waals surface area contributed by atoms with Crippen LogP contribution in [0.3, 0.4) is 0 Å². The highest BCUT2D eigenvalue weighted by Gasteiger charge is 2.40. The zero-order chi connectivity index (χ0) is 16.3. The van der Waals surface area contributed by atoms with Gasteiger partial charge in [-0.25, -0.2) is 4.79 Å². The van der Waals surface area contributed by atoms with Gasteiger partial charge < -0.3 is 9.15 Å². The Balaban J connectivity index is 2.41. The van der Waals surface area contributed by atoms with Gasteiger partial charge in [-0.2, -0.15) is 12.7 Å². The smallest absolute Gasteiger partial charge is 0.337 e. The minimum absolute atomic E-state index is 0.0268. The molecule has 0 saturated heterocycles. The number of hydrogen-bond acceptors (Lipinski definition) is 5. The van der Waals surface area contributed by atoms with Gasteiger partial charge in [-0.05, 0) is 25.5 Å². The predicted octanol–water partition coefficient (Wildman–Crippen LogP) is 1.50. The Morgan fingerprint density at radius 1 is 1.41 bits per heavy atom. The van der Waals surface area contributed by atoms with E-state index in [0.717, 1.165) is 4.31 Å². The summed E-state index contributed by atoms with van der Waals surface area (Å²) in [6.07, 6.45) is 3.30. The van der Waals surface area contributed by atoms with E-state index in [1.165, 1.54) is 23.8 Å². The van der Waals surface area contributed by atoms with E-state index < -0.39 is 22.2 Å². The number of hydrogen-bond donors (Lipinski definition) is 0. The van der Waals surface area contributed by atoms with Crippen molar-refractivity contribution in [2.24, 2.45) is 0 Å². The highest BCUT2D eigenvalue weighted by atomic mass is 32.2. The maximum Gasteiger partial charge on any atom is 0.337 e. The van der Waals surface area contributed by atoms with Crippen LogP contribution in [-0.2, 0) is 26.3 Å². The van der Waals surface area contributed by atoms with Crippen LogP contribution in [0.4, 0.5) is 0 Å². The normalized spacial score (nSPS) is 21.5. The van der Waals surface area contributed by atoms with Gasteiger partial charge in [0.1, 0.15) is 5.76 Å². The number of ether oxygens (including phenoxy) is 1. The van der Waals surface area contributed by atoms with Crippen molar-refractivity contribution in [1.82, 2.24) is 8.61 Å². The Morgan fingerprint density at radius 3 is 2.68 bits per heavy atom. The molecule has 0 aromatic carbocycles. The van der Waals surface area contributed by atoms with Crippen molar-refractivity contribution in [3.8, 4) is 0 Å². The molecule has 0 radical (unpaired) electrons. The molecule has 22 heavy (non-hydrogen) atoms. The molecule has 1 aromatic rings. The topological polar surface area (TPSA) is 80.1 Å². The molecule has 1 aliphatic heterocycles. The van der Waals surface area contributed by atoms with Crippen molar-refractivity contribution in [2.75, 3.05) is 13.7 Å². The predicted molar refractivity (Wildman–Crippen MR) is 79.7 cm³/mol. The van der Waals surface area contributed by atoms with Gasteiger partial charge in [0.05, 0.1) is 31.0 Å². The molecule has 1 atom stereocenters. The maximum absolute atomic E-state index is 12.5. The molecular weight excluding hydrogens is 308 g/mol. The molecule has 0 bridgehead atoms. The molecule has 0 N–H and O–H groups in total. The Hall–Kier alpha value is -1.80. The number of rotatable bonds is 5. The first kappa shape index (κ1) is 16.6. The van der Waals surface area contributed by atoms with Crippen LogP contribution < -0.4 is 0 Å². The summed E-state index contributed by atoms with van der Waals surface area (Å²) in [4.78, 5) is 12.1. The fourth-order valence-corrected chi connectivity index (χ4v) is 3.85. The van der Waals surface area contributed by atoms with Gasteiger partial charge in [0.15, 0.2) is 0 Å². The highest BCUT2D eigenvalue weighted by Crippen LogP contribution is 2.28. The molecule has 1 unspecified atom stereocenters. The van der Waals surface area contributed by atoms with E-state index in [1.807, 2.05) is 6.92 Å². The van der Waals surface area contributed by atoms with Crippen LogP contribution in [0, 0.1) is 0 Å². The lowest BCUT2D eigenvalue weighted by molar-refractivity contribution is -0.139. The lowest BCUT2D eigenvalue weighted by atomic mass is 10.1. The Labute approximate surface area is 130 Å². The average molecular weight is 328 g/mol. The second kappa shape index (κ2) is 6.53. The Kier molecular flexibility index (Phi) is 4.92. The van der Waals surface area contributed by atoms with Crippen LogP contribution in [0.5, 0.6) is 0 Å². The second-order valence-corrected chi connectivity index (χ2v) is 6.82. The van der Waals surface area contributed by atoms with E-state index >= 15 is 0 Å². The number of nitrogens with zero attached hydrogens (tertiary/aromatic N) is 2. The van der Waals surface area contributed by atoms with Crippen LogP contribution in [0.25, 0.3) is 0 Å². The number of esters is 1. The van der Waals surface area contributed by atoms with Crippen LogP contribution >= 0.6 is 0 Å². The van der Waals surface area contributed by atoms with E-state index in [9.17, 15) is 13.2 Å². The molecule has 2 heterocycles. The van der Waals surface area contributed by atoms with Gasteiger partial charge in [0.2, 0.25) is 0 Å². The molecule has 0 spiro atoms. The van der Waals surface area contributed by atoms with Gasteiger partial charge in [0.25, 0.3) is 0 Å². The minimum Gasteiger partial charge on any atom is -0.467 e. The Morgan fingerprint density at radius 2 is 2.14 bits per heavy atom. The third-order valence-corrected chi connectivity index (χ3v) is 5.34. The summed E-state index contributed by atoms with van der Waals surface area (Å²) in [7, 11) is -2.24. The number of carbonyl (C=O) groups is 1. The minimum atomic E-state index is -3.70. The molecule has 7 nitrogen and oxygen atoms in total. The number of furan rings is 1. The first-order valence-corrected chi connectivity index (χ1v) is 8.47. The van der Waals surface area contributed by atoms with Gasteiger partial charge >= 0.3 is 16.2 Å². The molecule has 0 fully saturated rings. The van der Waals surface area contributed by atoms with E-state index in [0.29, 0.717) is 17.8 Å². The largest absolute Gasteiger partial charge is 0.467 e. The van der Waals surface area contributed by atoms with Crippen molar-refractivity contribution in [1.29, 1.82) is 0 Å². The monoisotopic (exact) mass is 328 g/mol. The third kappa shape index (κ3) is 3.02. The van der Waals surface area contributed by atoms with Crippen LogP contribution in [0.1, 0.15) is 26.0 Å². The van der Waals surface area contributed by atoms with Crippen molar-refractivity contribution >= 4 is 16.2 Å². The molecule has 1 aromatic heterocycles. The first-order chi connectivity index (χ1) is 10.4. The third-order valence-electron chi connectivity index (χ3n) is 3.53. The summed E-state index contributed by atoms with van der Waals surface area (Å²) in [5.41, 5.74) is 0.327. The molecule has 2 rings (SSSR count). The molecule has 8 heteroatoms. The molecular formula is C14H20N2O5S. The number of carbonyl (C=O) groups excluding carboxylic acids is 1. The molecule has 0 saturated carbocycles. The van der Waals surface area contributed by atoms with Crippen LogP contribution in [-0.4, -0.2) is 42.7 Å². The van der Waals surface area contributed by atoms with Crippen LogP contribution in [0.15, 0.2) is 34.6 Å². The highest BCUT2D eigenvalue weighted by molar-refractivity contribution is 7.86. The maximum atomic E-state index is 12.5. The summed E-state index contributed by atoms with van der Waals surface area (Å²) >= 11 is 0. The fourth-order valence-electron chi connectivity index (χ4n) is 2.39. The van der Waals surface area contributed by atoms with Gasteiger partial charge in [-0.15, -0.1) is 0 Å². The van der Waals surface area contributed by atoms with E-state index in [1.54, 1.807) is 19.1 Å². The molecule has 122 valence electrons. The quantitative estimate of drug-likeness (QED) is 0.765. The zero-order valence-electron chi connectivity index (χ0n) is 12.9. The van der Waals surface area contributed by atoms with Gasteiger partial charge in [-0.1, -0.05) is 6.92 Å². The van der Waals surface area contributed by atoms with Crippen molar-refractivity contribution in [3.05, 3.63) is 35.9 Å². The van der Waals surface area contributed by atoms with Gasteiger partial charge in [-0.3, -0.25) is 4.31 Å². The summed E-state index contributed by atoms with van der Waals surface area (Å²) < 4.78 is 37.6. The van der Waals surface area contributed by atoms with E-state index in [4.69, 9.17) is 9.15 Å². The lowest BCUT2D eigenvalue weighted by Gasteiger charge is -2.37. The Bertz CT molecular complexity index is 651. The fraction of sp³-hybridized carbons (Fsp3) is 0.500. The van der Waals surface area contributed by atoms with Gasteiger partial charge in [0, 0.05) is 13.2 Å². The first-order valence-electron chi connectivity index (χ1n) is 7.07. The average Bonchev–Trinajstić information content (AvgIpc) is 2.97. The molecule has 1 aliphatic rings. The number of likely N-dealkylation sites (N-methyl/N-ethyl adjacent to an activating group) is 1. The van der Waals surface area contributed by atoms with Crippen molar-refractivity contribution in [3.63, 3.8) is 0 Å². The van der Waals surface area contributed by atoms with Crippen LogP contribution in [0.2, 0.25) is 0 Å². The second-order valence-electron chi connectivity index (χ2n) is 4.88. The summed E-state index contributed by atoms with van der Waals surface area (Å²) in [6.45, 7) is 3.80. The zero-order valence-corrected chi connectivity index (χ0v) is 13.7. The van der Waals surface area contributed by atoms with E-state index in [2.05, 4.69) is 0 Å². The SMILES string of the molecule is CCOC(=O)C1=CN(Cc2ccco2)S(=O)(=O)N(C)C1CC. The molecule has 0 amide bonds. The summed E-state index contributed by atoms with van der Waals surface area (Å²) in [6, 6.07) is 2.83. The molecule has 0 aliphatic carbocycles. The lowest BCUT2D eigenvalue weighted by Crippen LogP contribution is -2.50. The summed E-state index contributed by atoms with van der Waals surface area (Å²) in [5, 5.41) is 0.